The van der Waals surface area contributed by atoms with Crippen molar-refractivity contribution in [3.8, 4) is 0 Å². The van der Waals surface area contributed by atoms with Crippen molar-refractivity contribution in [3.05, 3.63) is 194 Å². The van der Waals surface area contributed by atoms with E-state index in [4.69, 9.17) is 0 Å². The summed E-state index contributed by atoms with van der Waals surface area (Å²) in [5, 5.41) is 10.9. The van der Waals surface area contributed by atoms with Gasteiger partial charge in [-0.25, -0.2) is 0 Å². The molecule has 8 aromatic carbocycles. The van der Waals surface area contributed by atoms with E-state index >= 15 is 0 Å². The Bertz CT molecular complexity index is 1880. The van der Waals surface area contributed by atoms with Gasteiger partial charge in [-0.05, 0) is 0 Å². The fraction of sp³-hybridized carbons (Fsp3) is 0.0244. The van der Waals surface area contributed by atoms with E-state index in [1.807, 2.05) is 60.7 Å². The van der Waals surface area contributed by atoms with Crippen LogP contribution in [0, 0.1) is 13.8 Å². The standard InChI is InChI=1S/C27H18.2C7H7.Ti/c1-3-11-22-20(7-1)16-26-18(9-5-13-24(22)26)15-19-10-6-14-25-23-12-4-2-8-21(23)17-27(19)25;2*1-7-5-3-2-4-6-7;/h1-14,16-17H,15H2;2*2-6H,1H2;/q-2;2*-1;+4. The van der Waals surface area contributed by atoms with E-state index in [1.54, 1.807) is 0 Å². The maximum Gasteiger partial charge on any atom is 4.00 e. The van der Waals surface area contributed by atoms with Crippen molar-refractivity contribution in [3.63, 3.8) is 0 Å². The molecule has 0 saturated heterocycles. The summed E-state index contributed by atoms with van der Waals surface area (Å²) in [6.45, 7) is 7.44. The zero-order valence-corrected chi connectivity index (χ0v) is 25.2. The van der Waals surface area contributed by atoms with Gasteiger partial charge >= 0.3 is 21.7 Å². The summed E-state index contributed by atoms with van der Waals surface area (Å²) in [5.74, 6) is 0. The monoisotopic (exact) mass is 572 g/mol. The van der Waals surface area contributed by atoms with Crippen molar-refractivity contribution in [2.75, 3.05) is 0 Å². The van der Waals surface area contributed by atoms with Crippen LogP contribution in [0.3, 0.4) is 0 Å². The first-order valence-corrected chi connectivity index (χ1v) is 14.0. The number of hydrogen-bond acceptors (Lipinski definition) is 0. The summed E-state index contributed by atoms with van der Waals surface area (Å²) in [7, 11) is 0. The van der Waals surface area contributed by atoms with Gasteiger partial charge in [0, 0.05) is 0 Å². The van der Waals surface area contributed by atoms with Crippen molar-refractivity contribution in [1.82, 2.24) is 0 Å². The van der Waals surface area contributed by atoms with Gasteiger partial charge in [-0.1, -0.05) is 91.3 Å². The molecule has 0 spiro atoms. The van der Waals surface area contributed by atoms with Gasteiger partial charge in [-0.15, -0.1) is 103 Å². The van der Waals surface area contributed by atoms with Gasteiger partial charge in [0.2, 0.25) is 0 Å². The minimum Gasteiger partial charge on any atom is -0.199 e. The number of benzene rings is 6. The largest absolute Gasteiger partial charge is 4.00 e. The number of hydrogen-bond donors (Lipinski definition) is 0. The van der Waals surface area contributed by atoms with Crippen molar-refractivity contribution >= 4 is 43.1 Å². The maximum atomic E-state index is 3.72. The minimum atomic E-state index is 0. The smallest absolute Gasteiger partial charge is 0.199 e. The van der Waals surface area contributed by atoms with Crippen molar-refractivity contribution in [1.29, 1.82) is 0 Å². The van der Waals surface area contributed by atoms with Crippen LogP contribution >= 0.6 is 0 Å². The molecule has 8 aromatic rings. The van der Waals surface area contributed by atoms with E-state index in [0.717, 1.165) is 17.5 Å². The molecule has 0 fully saturated rings. The van der Waals surface area contributed by atoms with Crippen LogP contribution in [0.4, 0.5) is 0 Å². The Morgan fingerprint density at radius 1 is 0.381 bits per heavy atom. The second kappa shape index (κ2) is 13.5. The predicted molar refractivity (Wildman–Crippen MR) is 179 cm³/mol. The molecule has 0 saturated carbocycles. The van der Waals surface area contributed by atoms with Crippen molar-refractivity contribution in [2.24, 2.45) is 0 Å². The van der Waals surface area contributed by atoms with E-state index in [0.29, 0.717) is 0 Å². The first kappa shape index (κ1) is 29.0. The molecule has 0 heterocycles. The SMILES string of the molecule is [CH2-]c1ccccc1.[CH2-]c1ccccc1.[Ti+4].c1ccc2c(c1)[cH-]c1c(Cc3cccc4c3[cH-]c3ccccc34)cccc12. The summed E-state index contributed by atoms with van der Waals surface area (Å²) in [5.41, 5.74) is 4.95. The van der Waals surface area contributed by atoms with Gasteiger partial charge in [-0.2, -0.15) is 49.2 Å². The third-order valence-electron chi connectivity index (χ3n) is 7.56. The van der Waals surface area contributed by atoms with Crippen LogP contribution in [-0.2, 0) is 28.1 Å². The molecule has 0 radical (unpaired) electrons. The van der Waals surface area contributed by atoms with Gasteiger partial charge in [0.15, 0.2) is 0 Å². The maximum absolute atomic E-state index is 3.72. The number of rotatable bonds is 2. The molecular weight excluding hydrogens is 540 g/mol. The Morgan fingerprint density at radius 2 is 0.738 bits per heavy atom. The van der Waals surface area contributed by atoms with Crippen LogP contribution in [0.1, 0.15) is 22.3 Å². The van der Waals surface area contributed by atoms with Gasteiger partial charge in [-0.3, -0.25) is 0 Å². The molecule has 0 bridgehead atoms. The Morgan fingerprint density at radius 3 is 1.12 bits per heavy atom. The predicted octanol–water partition coefficient (Wildman–Crippen LogP) is 11.1. The molecule has 0 aromatic heterocycles. The zero-order valence-electron chi connectivity index (χ0n) is 23.6. The van der Waals surface area contributed by atoms with E-state index in [-0.39, 0.29) is 21.7 Å². The van der Waals surface area contributed by atoms with E-state index in [9.17, 15) is 0 Å². The zero-order chi connectivity index (χ0) is 28.0. The Kier molecular flexibility index (Phi) is 9.29. The first-order valence-electron chi connectivity index (χ1n) is 14.0. The Labute approximate surface area is 263 Å². The third kappa shape index (κ3) is 6.37. The minimum absolute atomic E-state index is 0. The molecule has 0 aliphatic carbocycles. The molecule has 0 aliphatic heterocycles. The van der Waals surface area contributed by atoms with E-state index < -0.39 is 0 Å². The first-order chi connectivity index (χ1) is 20.2. The molecule has 0 amide bonds. The molecule has 0 atom stereocenters. The molecule has 42 heavy (non-hydrogen) atoms. The van der Waals surface area contributed by atoms with Crippen LogP contribution in [0.25, 0.3) is 43.1 Å². The second-order valence-electron chi connectivity index (χ2n) is 10.4. The van der Waals surface area contributed by atoms with Gasteiger partial charge in [0.25, 0.3) is 0 Å². The fourth-order valence-corrected chi connectivity index (χ4v) is 5.55. The van der Waals surface area contributed by atoms with Crippen LogP contribution < -0.4 is 0 Å². The molecule has 200 valence electrons. The third-order valence-corrected chi connectivity index (χ3v) is 7.56. The van der Waals surface area contributed by atoms with Gasteiger partial charge in [0.1, 0.15) is 0 Å². The van der Waals surface area contributed by atoms with Gasteiger partial charge < -0.3 is 0 Å². The van der Waals surface area contributed by atoms with E-state index in [2.05, 4.69) is 111 Å². The van der Waals surface area contributed by atoms with Crippen LogP contribution in [0.2, 0.25) is 0 Å². The second-order valence-corrected chi connectivity index (χ2v) is 10.4. The van der Waals surface area contributed by atoms with Crippen LogP contribution in [0.15, 0.2) is 158 Å². The average Bonchev–Trinajstić information content (AvgIpc) is 3.59. The Hall–Kier alpha value is -4.49. The average molecular weight is 573 g/mol. The van der Waals surface area contributed by atoms with Crippen LogP contribution in [0.5, 0.6) is 0 Å². The summed E-state index contributed by atoms with van der Waals surface area (Å²) in [6.07, 6.45) is 0.960. The normalized spacial score (nSPS) is 10.5. The summed E-state index contributed by atoms with van der Waals surface area (Å²) in [6, 6.07) is 55.3. The molecule has 1 heteroatoms. The molecule has 0 unspecified atom stereocenters. The van der Waals surface area contributed by atoms with Crippen molar-refractivity contribution < 1.29 is 21.7 Å². The van der Waals surface area contributed by atoms with Gasteiger partial charge in [0.05, 0.1) is 0 Å². The van der Waals surface area contributed by atoms with Crippen molar-refractivity contribution in [2.45, 2.75) is 6.42 Å². The number of fused-ring (bicyclic) bond motifs is 6. The summed E-state index contributed by atoms with van der Waals surface area (Å²) in [4.78, 5) is 0. The van der Waals surface area contributed by atoms with Crippen LogP contribution in [-0.4, -0.2) is 0 Å². The van der Waals surface area contributed by atoms with E-state index in [1.165, 1.54) is 54.2 Å². The molecule has 8 rings (SSSR count). The molecule has 0 N–H and O–H groups in total. The fourth-order valence-electron chi connectivity index (χ4n) is 5.55. The summed E-state index contributed by atoms with van der Waals surface area (Å²) >= 11 is 0. The molecule has 0 nitrogen and oxygen atoms in total. The molecule has 0 aliphatic rings. The Balaban J connectivity index is 0.000000194. The summed E-state index contributed by atoms with van der Waals surface area (Å²) < 4.78 is 0. The topological polar surface area (TPSA) is 0 Å². The molecular formula is C41H32Ti. The quantitative estimate of drug-likeness (QED) is 0.143.